The topological polar surface area (TPSA) is 86.5 Å². The molecule has 0 aliphatic heterocycles. The zero-order valence-electron chi connectivity index (χ0n) is 12.3. The van der Waals surface area contributed by atoms with E-state index in [4.69, 9.17) is 14.6 Å². The van der Waals surface area contributed by atoms with Crippen LogP contribution in [0.25, 0.3) is 0 Å². The Morgan fingerprint density at radius 2 is 2.15 bits per heavy atom. The number of thioether (sulfide) groups is 1. The van der Waals surface area contributed by atoms with E-state index in [1.807, 2.05) is 18.4 Å². The third-order valence-electron chi connectivity index (χ3n) is 3.16. The van der Waals surface area contributed by atoms with Gasteiger partial charge in [0.05, 0.1) is 12.4 Å². The summed E-state index contributed by atoms with van der Waals surface area (Å²) in [6.07, 6.45) is 0.734. The van der Waals surface area contributed by atoms with E-state index in [1.165, 1.54) is 0 Å². The molecule has 1 aromatic heterocycles. The lowest BCUT2D eigenvalue weighted by Crippen LogP contribution is -2.29. The van der Waals surface area contributed by atoms with E-state index in [0.29, 0.717) is 24.1 Å². The second-order valence-corrected chi connectivity index (χ2v) is 5.36. The molecule has 7 nitrogen and oxygen atoms in total. The molecule has 20 heavy (non-hydrogen) atoms. The summed E-state index contributed by atoms with van der Waals surface area (Å²) in [5.74, 6) is -0.253. The summed E-state index contributed by atoms with van der Waals surface area (Å²) in [6, 6.07) is 0. The van der Waals surface area contributed by atoms with Crippen LogP contribution in [-0.2, 0) is 26.4 Å². The molecule has 1 N–H and O–H groups in total. The highest BCUT2D eigenvalue weighted by molar-refractivity contribution is 7.99. The first-order valence-electron chi connectivity index (χ1n) is 6.30. The first-order valence-corrected chi connectivity index (χ1v) is 7.29. The molecule has 1 atom stereocenters. The number of hydrogen-bond donors (Lipinski definition) is 1. The lowest BCUT2D eigenvalue weighted by molar-refractivity contribution is -0.133. The van der Waals surface area contributed by atoms with Crippen LogP contribution in [0.1, 0.15) is 26.1 Å². The first-order chi connectivity index (χ1) is 9.48. The van der Waals surface area contributed by atoms with Gasteiger partial charge in [-0.1, -0.05) is 18.7 Å². The van der Waals surface area contributed by atoms with E-state index in [2.05, 4.69) is 10.2 Å². The van der Waals surface area contributed by atoms with E-state index in [-0.39, 0.29) is 5.75 Å². The molecule has 0 aromatic carbocycles. The Hall–Kier alpha value is -1.12. The van der Waals surface area contributed by atoms with Crippen molar-refractivity contribution in [3.05, 3.63) is 5.82 Å². The van der Waals surface area contributed by atoms with Crippen molar-refractivity contribution < 1.29 is 19.4 Å². The van der Waals surface area contributed by atoms with Crippen LogP contribution in [-0.4, -0.2) is 52.4 Å². The molecule has 1 rings (SSSR count). The van der Waals surface area contributed by atoms with Crippen LogP contribution in [0, 0.1) is 0 Å². The molecule has 0 spiro atoms. The average molecular weight is 303 g/mol. The van der Waals surface area contributed by atoms with Gasteiger partial charge >= 0.3 is 5.97 Å². The van der Waals surface area contributed by atoms with Crippen molar-refractivity contribution in [3.63, 3.8) is 0 Å². The van der Waals surface area contributed by atoms with Crippen LogP contribution in [0.2, 0.25) is 0 Å². The lowest BCUT2D eigenvalue weighted by atomic mass is 10.0. The van der Waals surface area contributed by atoms with Crippen LogP contribution in [0.5, 0.6) is 0 Å². The Kier molecular flexibility index (Phi) is 6.44. The Morgan fingerprint density at radius 1 is 1.45 bits per heavy atom. The maximum absolute atomic E-state index is 10.7. The Balaban J connectivity index is 3.07. The van der Waals surface area contributed by atoms with Gasteiger partial charge in [0, 0.05) is 20.8 Å². The molecule has 8 heteroatoms. The molecule has 1 unspecified atom stereocenters. The second-order valence-electron chi connectivity index (χ2n) is 4.42. The number of hydrogen-bond acceptors (Lipinski definition) is 6. The fourth-order valence-electron chi connectivity index (χ4n) is 1.69. The fraction of sp³-hybridized carbons (Fsp3) is 0.750. The van der Waals surface area contributed by atoms with Crippen molar-refractivity contribution in [2.24, 2.45) is 0 Å². The molecular formula is C12H21N3O4S. The Morgan fingerprint density at radius 3 is 2.65 bits per heavy atom. The number of aliphatic carboxylic acids is 1. The fourth-order valence-corrected chi connectivity index (χ4v) is 2.38. The lowest BCUT2D eigenvalue weighted by Gasteiger charge is -2.26. The van der Waals surface area contributed by atoms with Gasteiger partial charge in [0.1, 0.15) is 5.60 Å². The number of nitrogens with zero attached hydrogens (tertiary/aromatic N) is 3. The van der Waals surface area contributed by atoms with Gasteiger partial charge in [0.25, 0.3) is 0 Å². The normalized spacial score (nSPS) is 14.2. The van der Waals surface area contributed by atoms with E-state index in [9.17, 15) is 4.79 Å². The summed E-state index contributed by atoms with van der Waals surface area (Å²) in [6.45, 7) is 4.99. The molecule has 1 aromatic rings. The predicted octanol–water partition coefficient (Wildman–Crippen LogP) is 1.37. The zero-order valence-corrected chi connectivity index (χ0v) is 13.1. The molecular weight excluding hydrogens is 282 g/mol. The monoisotopic (exact) mass is 303 g/mol. The number of methoxy groups -OCH3 is 2. The van der Waals surface area contributed by atoms with Crippen LogP contribution < -0.4 is 0 Å². The summed E-state index contributed by atoms with van der Waals surface area (Å²) in [7, 11) is 3.24. The highest BCUT2D eigenvalue weighted by Gasteiger charge is 2.31. The van der Waals surface area contributed by atoms with Crippen LogP contribution >= 0.6 is 11.8 Å². The minimum absolute atomic E-state index is 0.0546. The van der Waals surface area contributed by atoms with Crippen molar-refractivity contribution in [1.29, 1.82) is 0 Å². The highest BCUT2D eigenvalue weighted by atomic mass is 32.2. The van der Waals surface area contributed by atoms with Crippen molar-refractivity contribution in [2.75, 3.05) is 26.6 Å². The van der Waals surface area contributed by atoms with Gasteiger partial charge in [-0.2, -0.15) is 0 Å². The minimum atomic E-state index is -0.886. The number of carboxylic acids is 1. The third-order valence-corrected chi connectivity index (χ3v) is 4.11. The molecule has 0 aliphatic carbocycles. The molecule has 114 valence electrons. The number of carboxylic acid groups (broad SMARTS) is 1. The standard InChI is InChI=1S/C12H21N3O4S/c1-5-12(2,19-4)10-13-14-11(20-8-9(16)17)15(10)6-7-18-3/h5-8H2,1-4H3,(H,16,17). The molecule has 0 saturated heterocycles. The van der Waals surface area contributed by atoms with Gasteiger partial charge in [0.2, 0.25) is 0 Å². The summed E-state index contributed by atoms with van der Waals surface area (Å²) in [5.41, 5.74) is -0.553. The van der Waals surface area contributed by atoms with Gasteiger partial charge in [-0.05, 0) is 13.3 Å². The quantitative estimate of drug-likeness (QED) is 0.689. The van der Waals surface area contributed by atoms with Crippen molar-refractivity contribution >= 4 is 17.7 Å². The van der Waals surface area contributed by atoms with Gasteiger partial charge < -0.3 is 19.1 Å². The largest absolute Gasteiger partial charge is 0.481 e. The smallest absolute Gasteiger partial charge is 0.313 e. The molecule has 0 aliphatic rings. The van der Waals surface area contributed by atoms with Crippen molar-refractivity contribution in [2.45, 2.75) is 37.6 Å². The molecule has 0 saturated carbocycles. The van der Waals surface area contributed by atoms with Gasteiger partial charge in [-0.15, -0.1) is 10.2 Å². The number of carbonyl (C=O) groups is 1. The Labute approximate surface area is 122 Å². The summed E-state index contributed by atoms with van der Waals surface area (Å²) in [4.78, 5) is 10.7. The SMILES string of the molecule is CCC(C)(OC)c1nnc(SCC(=O)O)n1CCOC. The second kappa shape index (κ2) is 7.61. The van der Waals surface area contributed by atoms with Gasteiger partial charge in [-0.25, -0.2) is 0 Å². The van der Waals surface area contributed by atoms with Crippen molar-refractivity contribution in [3.8, 4) is 0 Å². The summed E-state index contributed by atoms with van der Waals surface area (Å²) >= 11 is 1.14. The third kappa shape index (κ3) is 3.94. The zero-order chi connectivity index (χ0) is 15.2. The maximum atomic E-state index is 10.7. The van der Waals surface area contributed by atoms with Crippen molar-refractivity contribution in [1.82, 2.24) is 14.8 Å². The number of aromatic nitrogens is 3. The molecule has 0 amide bonds. The number of rotatable bonds is 9. The van der Waals surface area contributed by atoms with Gasteiger partial charge in [0.15, 0.2) is 11.0 Å². The number of ether oxygens (including phenoxy) is 2. The Bertz CT molecular complexity index is 446. The van der Waals surface area contributed by atoms with Gasteiger partial charge in [-0.3, -0.25) is 4.79 Å². The van der Waals surface area contributed by atoms with Crippen LogP contribution in [0.4, 0.5) is 0 Å². The molecule has 0 fully saturated rings. The molecule has 1 heterocycles. The summed E-state index contributed by atoms with van der Waals surface area (Å²) in [5, 5.41) is 17.6. The molecule has 0 radical (unpaired) electrons. The van der Waals surface area contributed by atoms with E-state index in [0.717, 1.165) is 18.2 Å². The average Bonchev–Trinajstić information content (AvgIpc) is 2.85. The van der Waals surface area contributed by atoms with Crippen LogP contribution in [0.15, 0.2) is 5.16 Å². The van der Waals surface area contributed by atoms with Crippen LogP contribution in [0.3, 0.4) is 0 Å². The maximum Gasteiger partial charge on any atom is 0.313 e. The highest BCUT2D eigenvalue weighted by Crippen LogP contribution is 2.29. The van der Waals surface area contributed by atoms with E-state index >= 15 is 0 Å². The minimum Gasteiger partial charge on any atom is -0.481 e. The van der Waals surface area contributed by atoms with E-state index < -0.39 is 11.6 Å². The predicted molar refractivity (Wildman–Crippen MR) is 74.9 cm³/mol. The molecule has 0 bridgehead atoms. The summed E-state index contributed by atoms with van der Waals surface area (Å²) < 4.78 is 12.5. The van der Waals surface area contributed by atoms with E-state index in [1.54, 1.807) is 14.2 Å². The first kappa shape index (κ1) is 16.9.